The van der Waals surface area contributed by atoms with Gasteiger partial charge in [-0.1, -0.05) is 6.92 Å². The lowest BCUT2D eigenvalue weighted by molar-refractivity contribution is -0.182. The molecular formula is C23H31ClF3N5. The van der Waals surface area contributed by atoms with Crippen LogP contribution in [-0.2, 0) is 5.41 Å². The van der Waals surface area contributed by atoms with Gasteiger partial charge in [0.1, 0.15) is 0 Å². The molecule has 1 aliphatic carbocycles. The number of aromatic nitrogens is 3. The van der Waals surface area contributed by atoms with Crippen LogP contribution in [0, 0.1) is 31.1 Å². The lowest BCUT2D eigenvalue weighted by Gasteiger charge is -2.40. The number of fused-ring (bicyclic) bond motifs is 1. The summed E-state index contributed by atoms with van der Waals surface area (Å²) >= 11 is 0. The number of alkyl halides is 3. The topological polar surface area (TPSA) is 57.2 Å². The second-order valence-electron chi connectivity index (χ2n) is 9.63. The van der Waals surface area contributed by atoms with Gasteiger partial charge in [0, 0.05) is 29.6 Å². The van der Waals surface area contributed by atoms with E-state index in [2.05, 4.69) is 24.8 Å². The maximum atomic E-state index is 13.1. The second-order valence-corrected chi connectivity index (χ2v) is 9.63. The van der Waals surface area contributed by atoms with Crippen molar-refractivity contribution in [1.82, 2.24) is 19.5 Å². The van der Waals surface area contributed by atoms with E-state index < -0.39 is 12.1 Å². The summed E-state index contributed by atoms with van der Waals surface area (Å²) in [6.45, 7) is 8.41. The van der Waals surface area contributed by atoms with Crippen LogP contribution in [0.2, 0.25) is 0 Å². The Labute approximate surface area is 193 Å². The van der Waals surface area contributed by atoms with Gasteiger partial charge < -0.3 is 0 Å². The summed E-state index contributed by atoms with van der Waals surface area (Å²) in [4.78, 5) is 6.93. The van der Waals surface area contributed by atoms with E-state index in [0.29, 0.717) is 19.4 Å². The Morgan fingerprint density at radius 3 is 2.53 bits per heavy atom. The number of nitrogens with zero attached hydrogens (tertiary/aromatic N) is 5. The summed E-state index contributed by atoms with van der Waals surface area (Å²) in [6.07, 6.45) is -0.737. The third-order valence-corrected chi connectivity index (χ3v) is 7.35. The van der Waals surface area contributed by atoms with E-state index in [4.69, 9.17) is 15.3 Å². The van der Waals surface area contributed by atoms with Gasteiger partial charge in [-0.2, -0.15) is 23.5 Å². The molecule has 2 aromatic heterocycles. The van der Waals surface area contributed by atoms with Crippen LogP contribution in [0.5, 0.6) is 0 Å². The Bertz CT molecular complexity index is 1000. The van der Waals surface area contributed by atoms with Crippen LogP contribution in [0.3, 0.4) is 0 Å². The number of aryl methyl sites for hydroxylation is 1. The normalized spacial score (nSPS) is 27.2. The number of hydrogen-bond acceptors (Lipinski definition) is 4. The fourth-order valence-electron chi connectivity index (χ4n) is 5.62. The first-order valence-electron chi connectivity index (χ1n) is 11.2. The van der Waals surface area contributed by atoms with Gasteiger partial charge in [0.15, 0.2) is 5.65 Å². The van der Waals surface area contributed by atoms with Gasteiger partial charge in [0.25, 0.3) is 0 Å². The first kappa shape index (κ1) is 24.8. The predicted molar refractivity (Wildman–Crippen MR) is 119 cm³/mol. The van der Waals surface area contributed by atoms with E-state index in [1.54, 1.807) is 0 Å². The van der Waals surface area contributed by atoms with Crippen molar-refractivity contribution in [3.05, 3.63) is 28.7 Å². The van der Waals surface area contributed by atoms with Crippen LogP contribution in [0.4, 0.5) is 13.2 Å². The van der Waals surface area contributed by atoms with Crippen molar-refractivity contribution < 1.29 is 13.2 Å². The molecule has 1 atom stereocenters. The highest BCUT2D eigenvalue weighted by atomic mass is 35.5. The summed E-state index contributed by atoms with van der Waals surface area (Å²) in [7, 11) is 0. The Morgan fingerprint density at radius 2 is 1.91 bits per heavy atom. The molecule has 0 spiro atoms. The molecule has 0 aromatic carbocycles. The van der Waals surface area contributed by atoms with E-state index in [1.807, 2.05) is 17.5 Å². The van der Waals surface area contributed by atoms with Crippen molar-refractivity contribution in [2.24, 2.45) is 5.92 Å². The van der Waals surface area contributed by atoms with Crippen molar-refractivity contribution in [1.29, 1.82) is 5.26 Å². The fraction of sp³-hybridized carbons (Fsp3) is 0.696. The molecule has 1 saturated carbocycles. The third kappa shape index (κ3) is 4.60. The molecule has 0 bridgehead atoms. The summed E-state index contributed by atoms with van der Waals surface area (Å²) in [6, 6.07) is 4.23. The molecule has 4 rings (SSSR count). The summed E-state index contributed by atoms with van der Waals surface area (Å²) in [5.74, 6) is -1.14. The monoisotopic (exact) mass is 469 g/mol. The van der Waals surface area contributed by atoms with Crippen LogP contribution in [0.25, 0.3) is 5.65 Å². The van der Waals surface area contributed by atoms with E-state index in [-0.39, 0.29) is 36.6 Å². The quantitative estimate of drug-likeness (QED) is 0.558. The molecule has 1 aliphatic heterocycles. The lowest BCUT2D eigenvalue weighted by Crippen LogP contribution is -2.46. The van der Waals surface area contributed by atoms with Crippen molar-refractivity contribution in [2.45, 2.75) is 76.8 Å². The van der Waals surface area contributed by atoms with E-state index in [9.17, 15) is 13.2 Å². The molecule has 176 valence electrons. The highest BCUT2D eigenvalue weighted by Crippen LogP contribution is 2.43. The highest BCUT2D eigenvalue weighted by Gasteiger charge is 2.42. The SMILES string of the molecule is Cc1nc2cc([C@H]3CC[C@H](C(F)(F)F)CC3)nn2c([C@]2(C)CCCN(CC#N)C2)c1C.Cl. The summed E-state index contributed by atoms with van der Waals surface area (Å²) < 4.78 is 41.1. The molecule has 0 N–H and O–H groups in total. The third-order valence-electron chi connectivity index (χ3n) is 7.35. The number of likely N-dealkylation sites (tertiary alicyclic amines) is 1. The largest absolute Gasteiger partial charge is 0.391 e. The van der Waals surface area contributed by atoms with Crippen LogP contribution < -0.4 is 0 Å². The molecule has 2 aromatic rings. The Hall–Kier alpha value is -1.85. The number of hydrogen-bond donors (Lipinski definition) is 0. The smallest absolute Gasteiger partial charge is 0.290 e. The van der Waals surface area contributed by atoms with E-state index in [1.165, 1.54) is 0 Å². The minimum absolute atomic E-state index is 0. The molecule has 2 fully saturated rings. The Balaban J connectivity index is 0.00000289. The van der Waals surface area contributed by atoms with E-state index >= 15 is 0 Å². The predicted octanol–water partition coefficient (Wildman–Crippen LogP) is 5.48. The van der Waals surface area contributed by atoms with Gasteiger partial charge in [0.2, 0.25) is 0 Å². The zero-order valence-electron chi connectivity index (χ0n) is 18.9. The highest BCUT2D eigenvalue weighted by molar-refractivity contribution is 5.85. The summed E-state index contributed by atoms with van der Waals surface area (Å²) in [5, 5.41) is 14.1. The van der Waals surface area contributed by atoms with Crippen LogP contribution in [-0.4, -0.2) is 45.3 Å². The molecule has 0 amide bonds. The zero-order chi connectivity index (χ0) is 22.4. The molecule has 32 heavy (non-hydrogen) atoms. The molecule has 0 unspecified atom stereocenters. The number of nitriles is 1. The molecule has 3 heterocycles. The standard InChI is InChI=1S/C23H30F3N5.ClH/c1-15-16(2)28-20-13-19(17-5-7-18(8-6-17)23(24,25)26)29-31(20)21(15)22(3)9-4-11-30(14-22)12-10-27;/h13,17-18H,4-9,11-12,14H2,1-3H3;1H/t17-,18-,22-;/m1./s1. The summed E-state index contributed by atoms with van der Waals surface area (Å²) in [5.41, 5.74) is 4.63. The minimum atomic E-state index is -4.10. The fourth-order valence-corrected chi connectivity index (χ4v) is 5.62. The number of halogens is 4. The lowest BCUT2D eigenvalue weighted by atomic mass is 9.77. The Morgan fingerprint density at radius 1 is 1.22 bits per heavy atom. The Kier molecular flexibility index (Phi) is 7.11. The average molecular weight is 470 g/mol. The second kappa shape index (κ2) is 9.18. The van der Waals surface area contributed by atoms with Crippen molar-refractivity contribution in [3.8, 4) is 6.07 Å². The molecule has 1 saturated heterocycles. The van der Waals surface area contributed by atoms with Gasteiger partial charge >= 0.3 is 6.18 Å². The van der Waals surface area contributed by atoms with Crippen LogP contribution in [0.15, 0.2) is 6.07 Å². The minimum Gasteiger partial charge on any atom is -0.290 e. The van der Waals surface area contributed by atoms with Crippen molar-refractivity contribution >= 4 is 18.1 Å². The van der Waals surface area contributed by atoms with Gasteiger partial charge in [-0.3, -0.25) is 4.90 Å². The van der Waals surface area contributed by atoms with Gasteiger partial charge in [0.05, 0.1) is 29.9 Å². The van der Waals surface area contributed by atoms with Crippen molar-refractivity contribution in [3.63, 3.8) is 0 Å². The van der Waals surface area contributed by atoms with Crippen LogP contribution in [0.1, 0.15) is 74.0 Å². The molecule has 0 radical (unpaired) electrons. The van der Waals surface area contributed by atoms with Gasteiger partial charge in [-0.15, -0.1) is 12.4 Å². The molecular weight excluding hydrogens is 439 g/mol. The molecule has 2 aliphatic rings. The first-order valence-corrected chi connectivity index (χ1v) is 11.2. The maximum Gasteiger partial charge on any atom is 0.391 e. The number of piperidine rings is 1. The van der Waals surface area contributed by atoms with Gasteiger partial charge in [-0.05, 0) is 64.5 Å². The maximum absolute atomic E-state index is 13.1. The van der Waals surface area contributed by atoms with E-state index in [0.717, 1.165) is 54.2 Å². The molecule has 5 nitrogen and oxygen atoms in total. The first-order chi connectivity index (χ1) is 14.6. The molecule has 9 heteroatoms. The van der Waals surface area contributed by atoms with Crippen LogP contribution >= 0.6 is 12.4 Å². The average Bonchev–Trinajstić information content (AvgIpc) is 3.11. The number of rotatable bonds is 3. The zero-order valence-corrected chi connectivity index (χ0v) is 19.7. The van der Waals surface area contributed by atoms with Gasteiger partial charge in [-0.25, -0.2) is 9.50 Å². The van der Waals surface area contributed by atoms with Crippen molar-refractivity contribution in [2.75, 3.05) is 19.6 Å².